The van der Waals surface area contributed by atoms with Gasteiger partial charge >= 0.3 is 0 Å². The lowest BCUT2D eigenvalue weighted by Gasteiger charge is -2.06. The summed E-state index contributed by atoms with van der Waals surface area (Å²) in [5.41, 5.74) is 1.72. The number of carbonyl (C=O) groups is 1. The SMILES string of the molecule is CSc1ccc(C(=O)Cn2ccc3c(Cl)cccc32)cc1. The highest BCUT2D eigenvalue weighted by molar-refractivity contribution is 7.98. The zero-order valence-corrected chi connectivity index (χ0v) is 13.1. The van der Waals surface area contributed by atoms with E-state index in [0.29, 0.717) is 11.6 Å². The number of benzene rings is 2. The molecule has 0 aliphatic rings. The van der Waals surface area contributed by atoms with Gasteiger partial charge in [0.15, 0.2) is 5.78 Å². The summed E-state index contributed by atoms with van der Waals surface area (Å²) in [6.45, 7) is 0.322. The topological polar surface area (TPSA) is 22.0 Å². The van der Waals surface area contributed by atoms with Crippen molar-refractivity contribution in [3.63, 3.8) is 0 Å². The molecule has 0 amide bonds. The molecule has 0 fully saturated rings. The molecule has 1 heterocycles. The summed E-state index contributed by atoms with van der Waals surface area (Å²) in [6, 6.07) is 15.4. The van der Waals surface area contributed by atoms with Gasteiger partial charge in [-0.2, -0.15) is 0 Å². The second kappa shape index (κ2) is 5.96. The minimum absolute atomic E-state index is 0.0973. The molecule has 0 aliphatic carbocycles. The molecule has 2 aromatic carbocycles. The van der Waals surface area contributed by atoms with Crippen LogP contribution in [0.1, 0.15) is 10.4 Å². The van der Waals surface area contributed by atoms with E-state index in [1.165, 1.54) is 0 Å². The Morgan fingerprint density at radius 2 is 1.90 bits per heavy atom. The predicted octanol–water partition coefficient (Wildman–Crippen LogP) is 4.90. The van der Waals surface area contributed by atoms with E-state index in [-0.39, 0.29) is 5.78 Å². The van der Waals surface area contributed by atoms with Crippen molar-refractivity contribution in [1.82, 2.24) is 4.57 Å². The molecule has 0 bridgehead atoms. The zero-order valence-electron chi connectivity index (χ0n) is 11.5. The van der Waals surface area contributed by atoms with Crippen LogP contribution in [0.4, 0.5) is 0 Å². The third-order valence-corrected chi connectivity index (χ3v) is 4.56. The minimum Gasteiger partial charge on any atom is -0.340 e. The second-order valence-electron chi connectivity index (χ2n) is 4.77. The number of Topliss-reactive ketones (excluding diaryl/α,β-unsaturated/α-hetero) is 1. The van der Waals surface area contributed by atoms with Gasteiger partial charge in [0.1, 0.15) is 0 Å². The summed E-state index contributed by atoms with van der Waals surface area (Å²) in [5.74, 6) is 0.0973. The molecule has 0 atom stereocenters. The van der Waals surface area contributed by atoms with Crippen molar-refractivity contribution in [2.24, 2.45) is 0 Å². The van der Waals surface area contributed by atoms with E-state index in [2.05, 4.69) is 0 Å². The van der Waals surface area contributed by atoms with Crippen LogP contribution in [-0.2, 0) is 6.54 Å². The van der Waals surface area contributed by atoms with Crippen LogP contribution in [0.5, 0.6) is 0 Å². The van der Waals surface area contributed by atoms with Gasteiger partial charge in [0.05, 0.1) is 6.54 Å². The Kier molecular flexibility index (Phi) is 4.04. The summed E-state index contributed by atoms with van der Waals surface area (Å²) in [6.07, 6.45) is 3.93. The van der Waals surface area contributed by atoms with Gasteiger partial charge in [-0.05, 0) is 36.6 Å². The average Bonchev–Trinajstić information content (AvgIpc) is 2.92. The summed E-state index contributed by atoms with van der Waals surface area (Å²) in [5, 5.41) is 1.69. The molecule has 0 aliphatic heterocycles. The first-order chi connectivity index (χ1) is 10.2. The van der Waals surface area contributed by atoms with Crippen molar-refractivity contribution in [3.8, 4) is 0 Å². The van der Waals surface area contributed by atoms with E-state index < -0.39 is 0 Å². The highest BCUT2D eigenvalue weighted by atomic mass is 35.5. The second-order valence-corrected chi connectivity index (χ2v) is 6.05. The van der Waals surface area contributed by atoms with Gasteiger partial charge in [-0.15, -0.1) is 11.8 Å². The zero-order chi connectivity index (χ0) is 14.8. The molecule has 0 spiro atoms. The molecule has 3 rings (SSSR count). The summed E-state index contributed by atoms with van der Waals surface area (Å²) in [4.78, 5) is 13.5. The highest BCUT2D eigenvalue weighted by Gasteiger charge is 2.10. The number of rotatable bonds is 4. The van der Waals surface area contributed by atoms with Crippen LogP contribution in [-0.4, -0.2) is 16.6 Å². The number of fused-ring (bicyclic) bond motifs is 1. The number of hydrogen-bond acceptors (Lipinski definition) is 2. The summed E-state index contributed by atoms with van der Waals surface area (Å²) >= 11 is 7.82. The molecule has 2 nitrogen and oxygen atoms in total. The van der Waals surface area contributed by atoms with Crippen molar-refractivity contribution in [2.45, 2.75) is 11.4 Å². The normalized spacial score (nSPS) is 11.0. The summed E-state index contributed by atoms with van der Waals surface area (Å²) in [7, 11) is 0. The van der Waals surface area contributed by atoms with Crippen molar-refractivity contribution < 1.29 is 4.79 Å². The fourth-order valence-corrected chi connectivity index (χ4v) is 2.99. The lowest BCUT2D eigenvalue weighted by Crippen LogP contribution is -2.09. The number of halogens is 1. The van der Waals surface area contributed by atoms with Crippen molar-refractivity contribution in [2.75, 3.05) is 6.26 Å². The molecule has 1 aromatic heterocycles. The number of ketones is 1. The average molecular weight is 316 g/mol. The fourth-order valence-electron chi connectivity index (χ4n) is 2.35. The lowest BCUT2D eigenvalue weighted by atomic mass is 10.1. The van der Waals surface area contributed by atoms with Crippen LogP contribution in [0.25, 0.3) is 10.9 Å². The molecular weight excluding hydrogens is 302 g/mol. The molecular formula is C17H14ClNOS. The molecule has 0 saturated carbocycles. The van der Waals surface area contributed by atoms with Gasteiger partial charge < -0.3 is 4.57 Å². The molecule has 3 aromatic rings. The Balaban J connectivity index is 1.87. The number of nitrogens with zero attached hydrogens (tertiary/aromatic N) is 1. The fraction of sp³-hybridized carbons (Fsp3) is 0.118. The lowest BCUT2D eigenvalue weighted by molar-refractivity contribution is 0.0973. The largest absolute Gasteiger partial charge is 0.340 e. The van der Waals surface area contributed by atoms with E-state index in [9.17, 15) is 4.79 Å². The molecule has 4 heteroatoms. The maximum absolute atomic E-state index is 12.4. The van der Waals surface area contributed by atoms with Crippen LogP contribution in [0.2, 0.25) is 5.02 Å². The number of hydrogen-bond donors (Lipinski definition) is 0. The quantitative estimate of drug-likeness (QED) is 0.504. The first-order valence-corrected chi connectivity index (χ1v) is 8.20. The minimum atomic E-state index is 0.0973. The maximum atomic E-state index is 12.4. The monoisotopic (exact) mass is 315 g/mol. The van der Waals surface area contributed by atoms with Crippen LogP contribution >= 0.6 is 23.4 Å². The first kappa shape index (κ1) is 14.2. The van der Waals surface area contributed by atoms with E-state index >= 15 is 0 Å². The van der Waals surface area contributed by atoms with Gasteiger partial charge in [-0.3, -0.25) is 4.79 Å². The number of aromatic nitrogens is 1. The van der Waals surface area contributed by atoms with Crippen LogP contribution in [0, 0.1) is 0 Å². The molecule has 0 unspecified atom stereocenters. The van der Waals surface area contributed by atoms with E-state index in [4.69, 9.17) is 11.6 Å². The van der Waals surface area contributed by atoms with Gasteiger partial charge in [-0.25, -0.2) is 0 Å². The van der Waals surface area contributed by atoms with Gasteiger partial charge in [-0.1, -0.05) is 29.8 Å². The van der Waals surface area contributed by atoms with Crippen molar-refractivity contribution in [1.29, 1.82) is 0 Å². The Bertz CT molecular complexity index is 792. The molecule has 106 valence electrons. The Morgan fingerprint density at radius 1 is 1.14 bits per heavy atom. The first-order valence-electron chi connectivity index (χ1n) is 6.59. The Hall–Kier alpha value is -1.71. The van der Waals surface area contributed by atoms with Crippen molar-refractivity contribution >= 4 is 40.0 Å². The van der Waals surface area contributed by atoms with Crippen LogP contribution < -0.4 is 0 Å². The smallest absolute Gasteiger partial charge is 0.182 e. The molecule has 0 saturated heterocycles. The van der Waals surface area contributed by atoms with Gasteiger partial charge in [0.25, 0.3) is 0 Å². The standard InChI is InChI=1S/C17H14ClNOS/c1-21-13-7-5-12(6-8-13)17(20)11-19-10-9-14-15(18)3-2-4-16(14)19/h2-10H,11H2,1H3. The Morgan fingerprint density at radius 3 is 2.62 bits per heavy atom. The number of carbonyl (C=O) groups excluding carboxylic acids is 1. The molecule has 0 radical (unpaired) electrons. The Labute approximate surface area is 132 Å². The van der Waals surface area contributed by atoms with Crippen LogP contribution in [0.3, 0.4) is 0 Å². The van der Waals surface area contributed by atoms with E-state index in [1.54, 1.807) is 11.8 Å². The molecule has 21 heavy (non-hydrogen) atoms. The highest BCUT2D eigenvalue weighted by Crippen LogP contribution is 2.24. The predicted molar refractivity (Wildman–Crippen MR) is 89.5 cm³/mol. The van der Waals surface area contributed by atoms with Crippen LogP contribution in [0.15, 0.2) is 59.6 Å². The summed E-state index contributed by atoms with van der Waals surface area (Å²) < 4.78 is 1.94. The van der Waals surface area contributed by atoms with E-state index in [0.717, 1.165) is 21.4 Å². The van der Waals surface area contributed by atoms with Gasteiger partial charge in [0.2, 0.25) is 0 Å². The third kappa shape index (κ3) is 2.85. The van der Waals surface area contributed by atoms with Gasteiger partial charge in [0, 0.05) is 32.6 Å². The van der Waals surface area contributed by atoms with E-state index in [1.807, 2.05) is 65.6 Å². The van der Waals surface area contributed by atoms with Crippen molar-refractivity contribution in [3.05, 3.63) is 65.3 Å². The third-order valence-electron chi connectivity index (χ3n) is 3.49. The number of thioether (sulfide) groups is 1. The molecule has 0 N–H and O–H groups in total. The maximum Gasteiger partial charge on any atom is 0.182 e.